The Bertz CT molecular complexity index is 365. The van der Waals surface area contributed by atoms with Crippen LogP contribution in [0.15, 0.2) is 6.20 Å². The van der Waals surface area contributed by atoms with Crippen LogP contribution in [0.5, 0.6) is 0 Å². The lowest BCUT2D eigenvalue weighted by atomic mass is 10.00. The van der Waals surface area contributed by atoms with E-state index in [1.807, 2.05) is 6.20 Å². The Morgan fingerprint density at radius 3 is 3.00 bits per heavy atom. The topological polar surface area (TPSA) is 34.9 Å². The Labute approximate surface area is 83.1 Å². The van der Waals surface area contributed by atoms with E-state index in [2.05, 4.69) is 9.55 Å². The first kappa shape index (κ1) is 8.21. The smallest absolute Gasteiger partial charge is 0.124 e. The number of aryl methyl sites for hydroxylation is 1. The maximum Gasteiger partial charge on any atom is 0.124 e. The molecule has 3 heteroatoms. The van der Waals surface area contributed by atoms with Gasteiger partial charge in [0.15, 0.2) is 0 Å². The van der Waals surface area contributed by atoms with Gasteiger partial charge in [0, 0.05) is 30.3 Å². The van der Waals surface area contributed by atoms with Gasteiger partial charge in [0.05, 0.1) is 0 Å². The first-order chi connectivity index (χ1) is 6.88. The van der Waals surface area contributed by atoms with E-state index in [1.165, 1.54) is 24.4 Å². The molecule has 0 amide bonds. The van der Waals surface area contributed by atoms with Gasteiger partial charge >= 0.3 is 0 Å². The summed E-state index contributed by atoms with van der Waals surface area (Å²) in [6, 6.07) is 0. The largest absolute Gasteiger partial charge is 0.331 e. The second kappa shape index (κ2) is 2.94. The van der Waals surface area contributed by atoms with Gasteiger partial charge < -0.3 is 9.36 Å². The van der Waals surface area contributed by atoms with E-state index in [9.17, 15) is 4.79 Å². The van der Waals surface area contributed by atoms with Crippen molar-refractivity contribution in [1.82, 2.24) is 9.55 Å². The summed E-state index contributed by atoms with van der Waals surface area (Å²) in [5.41, 5.74) is 1.32. The molecular weight excluding hydrogens is 176 g/mol. The fraction of sp³-hybridized carbons (Fsp3) is 0.636. The van der Waals surface area contributed by atoms with Crippen LogP contribution in [0.25, 0.3) is 0 Å². The summed E-state index contributed by atoms with van der Waals surface area (Å²) in [7, 11) is 0. The Balaban J connectivity index is 1.95. The highest BCUT2D eigenvalue weighted by Crippen LogP contribution is 2.40. The average Bonchev–Trinajstić information content (AvgIpc) is 2.98. The highest BCUT2D eigenvalue weighted by atomic mass is 16.1. The molecule has 0 saturated heterocycles. The van der Waals surface area contributed by atoms with Crippen molar-refractivity contribution >= 4 is 6.29 Å². The lowest BCUT2D eigenvalue weighted by molar-refractivity contribution is -0.111. The number of carbonyl (C=O) groups is 1. The van der Waals surface area contributed by atoms with E-state index in [0.717, 1.165) is 25.7 Å². The quantitative estimate of drug-likeness (QED) is 0.663. The van der Waals surface area contributed by atoms with Crippen LogP contribution >= 0.6 is 0 Å². The zero-order valence-electron chi connectivity index (χ0n) is 8.15. The van der Waals surface area contributed by atoms with Gasteiger partial charge in [0.2, 0.25) is 0 Å². The summed E-state index contributed by atoms with van der Waals surface area (Å²) in [5, 5.41) is 0. The van der Waals surface area contributed by atoms with Crippen LogP contribution in [0.2, 0.25) is 0 Å². The normalized spacial score (nSPS) is 25.9. The number of hydrogen-bond acceptors (Lipinski definition) is 2. The molecule has 0 N–H and O–H groups in total. The zero-order valence-corrected chi connectivity index (χ0v) is 8.15. The maximum atomic E-state index is 10.8. The van der Waals surface area contributed by atoms with Crippen LogP contribution in [0.1, 0.15) is 36.7 Å². The molecule has 1 fully saturated rings. The molecule has 1 aliphatic heterocycles. The molecule has 0 spiro atoms. The predicted octanol–water partition coefficient (Wildman–Crippen LogP) is 1.52. The molecule has 1 aromatic rings. The number of rotatable bonds is 2. The first-order valence-electron chi connectivity index (χ1n) is 5.38. The van der Waals surface area contributed by atoms with Gasteiger partial charge in [-0.25, -0.2) is 4.98 Å². The van der Waals surface area contributed by atoms with Gasteiger partial charge in [-0.15, -0.1) is 0 Å². The number of fused-ring (bicyclic) bond motifs is 1. The predicted molar refractivity (Wildman–Crippen MR) is 52.1 cm³/mol. The SMILES string of the molecule is O=CC1CCc2cnc(C3CC3)n2C1. The van der Waals surface area contributed by atoms with E-state index in [-0.39, 0.29) is 5.92 Å². The molecule has 0 radical (unpaired) electrons. The van der Waals surface area contributed by atoms with Crippen LogP contribution < -0.4 is 0 Å². The summed E-state index contributed by atoms with van der Waals surface area (Å²) in [6.07, 6.45) is 7.67. The van der Waals surface area contributed by atoms with E-state index in [0.29, 0.717) is 5.92 Å². The fourth-order valence-electron chi connectivity index (χ4n) is 2.27. The standard InChI is InChI=1S/C11H14N2O/c14-7-8-1-4-10-5-12-11(9-2-3-9)13(10)6-8/h5,7-9H,1-4,6H2. The summed E-state index contributed by atoms with van der Waals surface area (Å²) < 4.78 is 2.28. The number of imidazole rings is 1. The van der Waals surface area contributed by atoms with Crippen molar-refractivity contribution in [3.8, 4) is 0 Å². The summed E-state index contributed by atoms with van der Waals surface area (Å²) in [5.74, 6) is 2.13. The molecule has 74 valence electrons. The molecule has 3 nitrogen and oxygen atoms in total. The minimum Gasteiger partial charge on any atom is -0.331 e. The molecule has 2 heterocycles. The van der Waals surface area contributed by atoms with Crippen LogP contribution in [-0.4, -0.2) is 15.8 Å². The van der Waals surface area contributed by atoms with Crippen molar-refractivity contribution in [3.05, 3.63) is 17.7 Å². The molecule has 1 unspecified atom stereocenters. The van der Waals surface area contributed by atoms with Crippen molar-refractivity contribution in [2.24, 2.45) is 5.92 Å². The number of aromatic nitrogens is 2. The Hall–Kier alpha value is -1.12. The van der Waals surface area contributed by atoms with E-state index < -0.39 is 0 Å². The zero-order chi connectivity index (χ0) is 9.54. The van der Waals surface area contributed by atoms with Crippen LogP contribution in [0.3, 0.4) is 0 Å². The Kier molecular flexibility index (Phi) is 1.72. The van der Waals surface area contributed by atoms with Crippen LogP contribution in [0, 0.1) is 5.92 Å². The van der Waals surface area contributed by atoms with Gasteiger partial charge in [0.1, 0.15) is 12.1 Å². The van der Waals surface area contributed by atoms with Gasteiger partial charge in [-0.05, 0) is 25.7 Å². The Morgan fingerprint density at radius 2 is 2.29 bits per heavy atom. The van der Waals surface area contributed by atoms with Crippen molar-refractivity contribution in [3.63, 3.8) is 0 Å². The highest BCUT2D eigenvalue weighted by Gasteiger charge is 2.31. The van der Waals surface area contributed by atoms with E-state index in [4.69, 9.17) is 0 Å². The second-order valence-electron chi connectivity index (χ2n) is 4.43. The summed E-state index contributed by atoms with van der Waals surface area (Å²) >= 11 is 0. The minimum absolute atomic E-state index is 0.217. The molecule has 1 aromatic heterocycles. The average molecular weight is 190 g/mol. The number of hydrogen-bond donors (Lipinski definition) is 0. The molecule has 1 aliphatic carbocycles. The molecular formula is C11H14N2O. The molecule has 2 aliphatic rings. The number of aldehydes is 1. The van der Waals surface area contributed by atoms with Gasteiger partial charge in [-0.3, -0.25) is 0 Å². The first-order valence-corrected chi connectivity index (χ1v) is 5.38. The summed E-state index contributed by atoms with van der Waals surface area (Å²) in [6.45, 7) is 0.866. The Morgan fingerprint density at radius 1 is 1.43 bits per heavy atom. The molecule has 0 aromatic carbocycles. The van der Waals surface area contributed by atoms with Crippen molar-refractivity contribution in [1.29, 1.82) is 0 Å². The molecule has 3 rings (SSSR count). The van der Waals surface area contributed by atoms with Crippen molar-refractivity contribution < 1.29 is 4.79 Å². The molecule has 1 saturated carbocycles. The van der Waals surface area contributed by atoms with E-state index >= 15 is 0 Å². The van der Waals surface area contributed by atoms with E-state index in [1.54, 1.807) is 0 Å². The monoisotopic (exact) mass is 190 g/mol. The third-order valence-electron chi connectivity index (χ3n) is 3.29. The maximum absolute atomic E-state index is 10.8. The van der Waals surface area contributed by atoms with Gasteiger partial charge in [-0.1, -0.05) is 0 Å². The molecule has 1 atom stereocenters. The lowest BCUT2D eigenvalue weighted by Crippen LogP contribution is -2.22. The minimum atomic E-state index is 0.217. The van der Waals surface area contributed by atoms with Gasteiger partial charge in [0.25, 0.3) is 0 Å². The second-order valence-corrected chi connectivity index (χ2v) is 4.43. The number of nitrogens with zero attached hydrogens (tertiary/aromatic N) is 2. The summed E-state index contributed by atoms with van der Waals surface area (Å²) in [4.78, 5) is 15.2. The van der Waals surface area contributed by atoms with Crippen molar-refractivity contribution in [2.45, 2.75) is 38.1 Å². The van der Waals surface area contributed by atoms with Gasteiger partial charge in [-0.2, -0.15) is 0 Å². The number of carbonyl (C=O) groups excluding carboxylic acids is 1. The molecule has 14 heavy (non-hydrogen) atoms. The van der Waals surface area contributed by atoms with Crippen LogP contribution in [0.4, 0.5) is 0 Å². The van der Waals surface area contributed by atoms with Crippen LogP contribution in [-0.2, 0) is 17.8 Å². The fourth-order valence-corrected chi connectivity index (χ4v) is 2.27. The lowest BCUT2D eigenvalue weighted by Gasteiger charge is -2.21. The highest BCUT2D eigenvalue weighted by molar-refractivity contribution is 5.53. The van der Waals surface area contributed by atoms with Crippen molar-refractivity contribution in [2.75, 3.05) is 0 Å². The third kappa shape index (κ3) is 1.19. The third-order valence-corrected chi connectivity index (χ3v) is 3.29. The molecule has 0 bridgehead atoms.